The lowest BCUT2D eigenvalue weighted by Gasteiger charge is -2.40. The van der Waals surface area contributed by atoms with Crippen LogP contribution in [-0.2, 0) is 18.9 Å². The average Bonchev–Trinajstić information content (AvgIpc) is 2.68. The number of halogens is 3. The molecule has 0 aromatic carbocycles. The lowest BCUT2D eigenvalue weighted by Crippen LogP contribution is -2.46. The van der Waals surface area contributed by atoms with E-state index in [-0.39, 0.29) is 24.5 Å². The predicted molar refractivity (Wildman–Crippen MR) is 94.0 cm³/mol. The van der Waals surface area contributed by atoms with E-state index in [0.717, 1.165) is 6.42 Å². The number of hydrogen-bond donors (Lipinski definition) is 0. The molecule has 0 aromatic rings. The zero-order chi connectivity index (χ0) is 19.3. The van der Waals surface area contributed by atoms with Crippen molar-refractivity contribution in [1.82, 2.24) is 0 Å². The Morgan fingerprint density at radius 2 is 1.56 bits per heavy atom. The van der Waals surface area contributed by atoms with Crippen molar-refractivity contribution in [1.29, 1.82) is 0 Å². The second kappa shape index (κ2) is 9.72. The van der Waals surface area contributed by atoms with Gasteiger partial charge in [-0.1, -0.05) is 32.3 Å². The first-order chi connectivity index (χ1) is 13.0. The van der Waals surface area contributed by atoms with Crippen LogP contribution < -0.4 is 0 Å². The van der Waals surface area contributed by atoms with Crippen LogP contribution in [0.2, 0.25) is 0 Å². The monoisotopic (exact) mass is 392 g/mol. The van der Waals surface area contributed by atoms with E-state index in [1.165, 1.54) is 25.3 Å². The van der Waals surface area contributed by atoms with Crippen LogP contribution >= 0.6 is 0 Å². The Labute approximate surface area is 159 Å². The largest absolute Gasteiger partial charge is 0.412 e. The van der Waals surface area contributed by atoms with Gasteiger partial charge in [-0.25, -0.2) is 0 Å². The molecule has 0 saturated carbocycles. The van der Waals surface area contributed by atoms with Gasteiger partial charge in [0.25, 0.3) is 0 Å². The summed E-state index contributed by atoms with van der Waals surface area (Å²) in [5.74, 6) is 0.457. The SMILES string of the molecule is CCCCCC1COC(C2COC(C3CC=C(C(F)(F)F)CC3)OC2)OC1. The van der Waals surface area contributed by atoms with E-state index >= 15 is 0 Å². The minimum absolute atomic E-state index is 0.0164. The molecule has 0 spiro atoms. The van der Waals surface area contributed by atoms with Crippen LogP contribution in [0.3, 0.4) is 0 Å². The fourth-order valence-corrected chi connectivity index (χ4v) is 4.00. The molecule has 3 rings (SSSR count). The van der Waals surface area contributed by atoms with E-state index in [0.29, 0.717) is 45.2 Å². The highest BCUT2D eigenvalue weighted by atomic mass is 19.4. The highest BCUT2D eigenvalue weighted by Gasteiger charge is 2.39. The van der Waals surface area contributed by atoms with Crippen molar-refractivity contribution in [2.75, 3.05) is 26.4 Å². The lowest BCUT2D eigenvalue weighted by atomic mass is 9.88. The molecular weight excluding hydrogens is 361 g/mol. The second-order valence-corrected chi connectivity index (χ2v) is 7.95. The summed E-state index contributed by atoms with van der Waals surface area (Å²) in [6.07, 6.45) is 1.96. The van der Waals surface area contributed by atoms with Gasteiger partial charge < -0.3 is 18.9 Å². The Balaban J connectivity index is 1.37. The van der Waals surface area contributed by atoms with Crippen molar-refractivity contribution in [2.45, 2.75) is 70.6 Å². The smallest absolute Gasteiger partial charge is 0.352 e. The van der Waals surface area contributed by atoms with Gasteiger partial charge in [0.1, 0.15) is 0 Å². The molecule has 1 aliphatic carbocycles. The molecule has 0 amide bonds. The number of rotatable bonds is 6. The summed E-state index contributed by atoms with van der Waals surface area (Å²) < 4.78 is 61.6. The van der Waals surface area contributed by atoms with Crippen molar-refractivity contribution < 1.29 is 32.1 Å². The molecule has 0 N–H and O–H groups in total. The molecule has 4 nitrogen and oxygen atoms in total. The summed E-state index contributed by atoms with van der Waals surface area (Å²) in [7, 11) is 0. The summed E-state index contributed by atoms with van der Waals surface area (Å²) in [5, 5.41) is 0. The van der Waals surface area contributed by atoms with Crippen molar-refractivity contribution in [2.24, 2.45) is 17.8 Å². The third-order valence-corrected chi connectivity index (χ3v) is 5.74. The summed E-state index contributed by atoms with van der Waals surface area (Å²) in [4.78, 5) is 0. The molecule has 0 aromatic heterocycles. The molecule has 156 valence electrons. The Kier molecular flexibility index (Phi) is 7.59. The number of allylic oxidation sites excluding steroid dienone is 2. The van der Waals surface area contributed by atoms with Gasteiger partial charge in [0, 0.05) is 17.4 Å². The van der Waals surface area contributed by atoms with Gasteiger partial charge in [0.2, 0.25) is 0 Å². The number of unbranched alkanes of at least 4 members (excludes halogenated alkanes) is 2. The van der Waals surface area contributed by atoms with Gasteiger partial charge >= 0.3 is 6.18 Å². The predicted octanol–water partition coefficient (Wildman–Crippen LogP) is 4.83. The Bertz CT molecular complexity index is 478. The van der Waals surface area contributed by atoms with Gasteiger partial charge in [-0.15, -0.1) is 0 Å². The topological polar surface area (TPSA) is 36.9 Å². The van der Waals surface area contributed by atoms with Crippen molar-refractivity contribution in [3.8, 4) is 0 Å². The molecule has 3 aliphatic rings. The van der Waals surface area contributed by atoms with Crippen molar-refractivity contribution in [3.63, 3.8) is 0 Å². The van der Waals surface area contributed by atoms with Crippen LogP contribution in [0, 0.1) is 17.8 Å². The number of ether oxygens (including phenoxy) is 4. The second-order valence-electron chi connectivity index (χ2n) is 7.95. The van der Waals surface area contributed by atoms with E-state index in [1.807, 2.05) is 0 Å². The zero-order valence-corrected chi connectivity index (χ0v) is 16.0. The Morgan fingerprint density at radius 1 is 0.926 bits per heavy atom. The van der Waals surface area contributed by atoms with Crippen LogP contribution in [0.25, 0.3) is 0 Å². The molecule has 2 fully saturated rings. The molecular formula is C20H31F3O4. The standard InChI is InChI=1S/C20H31F3O4/c1-2-3-4-5-14-10-24-19(25-11-14)16-12-26-18(27-13-16)15-6-8-17(9-7-15)20(21,22)23/h8,14-16,18-19H,2-7,9-13H2,1H3. The minimum atomic E-state index is -4.21. The van der Waals surface area contributed by atoms with Crippen molar-refractivity contribution in [3.05, 3.63) is 11.6 Å². The molecule has 0 radical (unpaired) electrons. The summed E-state index contributed by atoms with van der Waals surface area (Å²) in [6.45, 7) is 4.54. The van der Waals surface area contributed by atoms with Gasteiger partial charge in [-0.3, -0.25) is 0 Å². The normalized spacial score (nSPS) is 35.7. The van der Waals surface area contributed by atoms with Crippen LogP contribution in [0.4, 0.5) is 13.2 Å². The van der Waals surface area contributed by atoms with E-state index in [2.05, 4.69) is 6.92 Å². The van der Waals surface area contributed by atoms with Crippen LogP contribution in [-0.4, -0.2) is 45.2 Å². The molecule has 2 heterocycles. The van der Waals surface area contributed by atoms with E-state index in [4.69, 9.17) is 18.9 Å². The lowest BCUT2D eigenvalue weighted by molar-refractivity contribution is -0.290. The summed E-state index contributed by atoms with van der Waals surface area (Å²) in [5.41, 5.74) is -0.426. The van der Waals surface area contributed by atoms with Crippen LogP contribution in [0.15, 0.2) is 11.6 Å². The van der Waals surface area contributed by atoms with Crippen LogP contribution in [0.5, 0.6) is 0 Å². The number of hydrogen-bond acceptors (Lipinski definition) is 4. The zero-order valence-electron chi connectivity index (χ0n) is 16.0. The minimum Gasteiger partial charge on any atom is -0.352 e. The van der Waals surface area contributed by atoms with Gasteiger partial charge in [0.15, 0.2) is 12.6 Å². The van der Waals surface area contributed by atoms with Crippen LogP contribution in [0.1, 0.15) is 51.9 Å². The number of alkyl halides is 3. The third kappa shape index (κ3) is 5.92. The first-order valence-electron chi connectivity index (χ1n) is 10.2. The third-order valence-electron chi connectivity index (χ3n) is 5.74. The maximum Gasteiger partial charge on any atom is 0.412 e. The fraction of sp³-hybridized carbons (Fsp3) is 0.900. The van der Waals surface area contributed by atoms with Crippen molar-refractivity contribution >= 4 is 0 Å². The summed E-state index contributed by atoms with van der Waals surface area (Å²) >= 11 is 0. The Hall–Kier alpha value is -0.630. The first kappa shape index (κ1) is 21.1. The highest BCUT2D eigenvalue weighted by Crippen LogP contribution is 2.38. The molecule has 7 heteroatoms. The van der Waals surface area contributed by atoms with E-state index in [9.17, 15) is 13.2 Å². The fourth-order valence-electron chi connectivity index (χ4n) is 4.00. The molecule has 2 saturated heterocycles. The molecule has 0 bridgehead atoms. The maximum atomic E-state index is 12.7. The highest BCUT2D eigenvalue weighted by molar-refractivity contribution is 5.12. The maximum absolute atomic E-state index is 12.7. The van der Waals surface area contributed by atoms with Gasteiger partial charge in [0.05, 0.1) is 32.3 Å². The Morgan fingerprint density at radius 3 is 2.11 bits per heavy atom. The van der Waals surface area contributed by atoms with Gasteiger partial charge in [-0.05, 0) is 25.7 Å². The van der Waals surface area contributed by atoms with E-state index < -0.39 is 18.0 Å². The quantitative estimate of drug-likeness (QED) is 0.479. The average molecular weight is 392 g/mol. The molecule has 1 unspecified atom stereocenters. The van der Waals surface area contributed by atoms with E-state index in [1.54, 1.807) is 0 Å². The molecule has 2 aliphatic heterocycles. The molecule has 27 heavy (non-hydrogen) atoms. The molecule has 1 atom stereocenters. The first-order valence-corrected chi connectivity index (χ1v) is 10.2. The summed E-state index contributed by atoms with van der Waals surface area (Å²) in [6, 6.07) is 0. The van der Waals surface area contributed by atoms with Gasteiger partial charge in [-0.2, -0.15) is 13.2 Å².